The van der Waals surface area contributed by atoms with Crippen molar-refractivity contribution in [1.29, 1.82) is 0 Å². The van der Waals surface area contributed by atoms with Gasteiger partial charge in [-0.05, 0) is 12.8 Å². The van der Waals surface area contributed by atoms with Gasteiger partial charge in [0.25, 0.3) is 0 Å². The van der Waals surface area contributed by atoms with E-state index in [9.17, 15) is 19.5 Å². The molecule has 6 nitrogen and oxygen atoms in total. The molecule has 0 aromatic heterocycles. The van der Waals surface area contributed by atoms with Crippen LogP contribution in [0.3, 0.4) is 0 Å². The number of rotatable bonds is 15. The third-order valence-electron chi connectivity index (χ3n) is 3.81. The second-order valence-corrected chi connectivity index (χ2v) is 6.02. The van der Waals surface area contributed by atoms with Crippen molar-refractivity contribution in [2.75, 3.05) is 0 Å². The molecule has 0 spiro atoms. The summed E-state index contributed by atoms with van der Waals surface area (Å²) in [5, 5.41) is 13.3. The summed E-state index contributed by atoms with van der Waals surface area (Å²) >= 11 is 0. The Bertz CT molecular complexity index is 364. The number of carbonyl (C=O) groups is 3. The van der Waals surface area contributed by atoms with Crippen molar-refractivity contribution in [2.45, 2.75) is 90.0 Å². The van der Waals surface area contributed by atoms with Crippen molar-refractivity contribution < 1.29 is 70.9 Å². The number of unbranched alkanes of at least 4 members (excludes halogenated alkanes) is 8. The standard InChI is InChI=1S/C17H32N2O4.K/c1-2-3-4-5-6-7-8-9-10-11-16(21)19-14(17(22)23)12-13-15(18)20;/h14H,2-13H2,1H3,(H2,18,20)(H,19,21)(H,22,23);/q;+1/p-1/t14-;/m0./s1. The number of hydrogen-bond acceptors (Lipinski definition) is 4. The first kappa shape index (κ1) is 26.3. The molecule has 0 unspecified atom stereocenters. The Balaban J connectivity index is 0. The van der Waals surface area contributed by atoms with Gasteiger partial charge in [0.2, 0.25) is 11.8 Å². The third-order valence-corrected chi connectivity index (χ3v) is 3.81. The average Bonchev–Trinajstić information content (AvgIpc) is 2.49. The molecule has 0 saturated heterocycles. The normalized spacial score (nSPS) is 11.4. The van der Waals surface area contributed by atoms with Crippen molar-refractivity contribution in [3.8, 4) is 0 Å². The Morgan fingerprint density at radius 1 is 0.917 bits per heavy atom. The molecule has 0 aromatic carbocycles. The minimum atomic E-state index is -1.38. The third kappa shape index (κ3) is 16.9. The van der Waals surface area contributed by atoms with Crippen molar-refractivity contribution in [1.82, 2.24) is 5.32 Å². The first-order valence-electron chi connectivity index (χ1n) is 8.75. The van der Waals surface area contributed by atoms with Gasteiger partial charge in [0, 0.05) is 12.8 Å². The van der Waals surface area contributed by atoms with Gasteiger partial charge >= 0.3 is 51.4 Å². The summed E-state index contributed by atoms with van der Waals surface area (Å²) in [4.78, 5) is 33.2. The minimum absolute atomic E-state index is 0. The van der Waals surface area contributed by atoms with Crippen LogP contribution in [-0.4, -0.2) is 23.8 Å². The number of nitrogens with two attached hydrogens (primary N) is 1. The van der Waals surface area contributed by atoms with E-state index in [2.05, 4.69) is 12.2 Å². The summed E-state index contributed by atoms with van der Waals surface area (Å²) in [5.74, 6) is -2.29. The van der Waals surface area contributed by atoms with Crippen molar-refractivity contribution >= 4 is 17.8 Å². The van der Waals surface area contributed by atoms with E-state index in [-0.39, 0.29) is 70.1 Å². The number of amides is 2. The van der Waals surface area contributed by atoms with Crippen LogP contribution in [-0.2, 0) is 14.4 Å². The molecular formula is C17H31KN2O4. The topological polar surface area (TPSA) is 112 Å². The van der Waals surface area contributed by atoms with E-state index < -0.39 is 17.9 Å². The molecule has 134 valence electrons. The van der Waals surface area contributed by atoms with E-state index in [4.69, 9.17) is 5.73 Å². The fourth-order valence-electron chi connectivity index (χ4n) is 2.40. The van der Waals surface area contributed by atoms with Crippen molar-refractivity contribution in [3.63, 3.8) is 0 Å². The second kappa shape index (κ2) is 17.9. The largest absolute Gasteiger partial charge is 1.00 e. The molecule has 0 fully saturated rings. The van der Waals surface area contributed by atoms with Crippen LogP contribution in [0, 0.1) is 0 Å². The van der Waals surface area contributed by atoms with Crippen LogP contribution in [0.25, 0.3) is 0 Å². The number of nitrogens with one attached hydrogen (secondary N) is 1. The van der Waals surface area contributed by atoms with E-state index in [1.54, 1.807) is 0 Å². The Kier molecular flexibility index (Phi) is 19.6. The fraction of sp³-hybridized carbons (Fsp3) is 0.824. The van der Waals surface area contributed by atoms with Crippen LogP contribution < -0.4 is 67.5 Å². The maximum absolute atomic E-state index is 11.7. The van der Waals surface area contributed by atoms with Gasteiger partial charge in [-0.3, -0.25) is 9.59 Å². The SMILES string of the molecule is CCCCCCCCCCCC(=O)N[C@@H](CCC(N)=O)C(=O)[O-].[K+]. The zero-order chi connectivity index (χ0) is 17.5. The summed E-state index contributed by atoms with van der Waals surface area (Å²) in [7, 11) is 0. The minimum Gasteiger partial charge on any atom is -0.548 e. The summed E-state index contributed by atoms with van der Waals surface area (Å²) in [6, 6.07) is -1.14. The molecule has 3 N–H and O–H groups in total. The number of hydrogen-bond donors (Lipinski definition) is 2. The van der Waals surface area contributed by atoms with Crippen LogP contribution >= 0.6 is 0 Å². The van der Waals surface area contributed by atoms with Gasteiger partial charge in [-0.2, -0.15) is 0 Å². The van der Waals surface area contributed by atoms with E-state index >= 15 is 0 Å². The molecule has 0 aliphatic carbocycles. The first-order valence-corrected chi connectivity index (χ1v) is 8.75. The summed E-state index contributed by atoms with van der Waals surface area (Å²) in [6.07, 6.45) is 10.6. The Labute approximate surface area is 188 Å². The van der Waals surface area contributed by atoms with Crippen LogP contribution in [0.4, 0.5) is 0 Å². The number of carbonyl (C=O) groups excluding carboxylic acids is 3. The maximum Gasteiger partial charge on any atom is 1.00 e. The van der Waals surface area contributed by atoms with E-state index in [0.717, 1.165) is 19.3 Å². The van der Waals surface area contributed by atoms with Crippen molar-refractivity contribution in [3.05, 3.63) is 0 Å². The molecule has 0 saturated carbocycles. The zero-order valence-corrected chi connectivity index (χ0v) is 18.4. The first-order chi connectivity index (χ1) is 11.0. The molecular weight excluding hydrogens is 335 g/mol. The fourth-order valence-corrected chi connectivity index (χ4v) is 2.40. The number of aliphatic carboxylic acids is 1. The Morgan fingerprint density at radius 2 is 1.42 bits per heavy atom. The molecule has 0 aliphatic heterocycles. The predicted molar refractivity (Wildman–Crippen MR) is 87.2 cm³/mol. The molecule has 7 heteroatoms. The smallest absolute Gasteiger partial charge is 0.548 e. The molecule has 0 aromatic rings. The van der Waals surface area contributed by atoms with Gasteiger partial charge in [0.15, 0.2) is 0 Å². The zero-order valence-electron chi connectivity index (χ0n) is 15.3. The van der Waals surface area contributed by atoms with E-state index in [0.29, 0.717) is 6.42 Å². The molecule has 1 atom stereocenters. The molecule has 2 amide bonds. The van der Waals surface area contributed by atoms with E-state index in [1.807, 2.05) is 0 Å². The second-order valence-electron chi connectivity index (χ2n) is 6.02. The number of carboxylic acids is 1. The van der Waals surface area contributed by atoms with Crippen LogP contribution in [0.1, 0.15) is 84.0 Å². The molecule has 0 bridgehead atoms. The average molecular weight is 367 g/mol. The van der Waals surface area contributed by atoms with E-state index in [1.165, 1.54) is 38.5 Å². The predicted octanol–water partition coefficient (Wildman–Crippen LogP) is -1.59. The molecule has 0 radical (unpaired) electrons. The molecule has 0 heterocycles. The molecule has 0 rings (SSSR count). The van der Waals surface area contributed by atoms with Crippen LogP contribution in [0.15, 0.2) is 0 Å². The van der Waals surface area contributed by atoms with Gasteiger partial charge in [-0.15, -0.1) is 0 Å². The van der Waals surface area contributed by atoms with Gasteiger partial charge in [0.05, 0.1) is 12.0 Å². The summed E-state index contributed by atoms with van der Waals surface area (Å²) in [5.41, 5.74) is 4.97. The Morgan fingerprint density at radius 3 is 1.88 bits per heavy atom. The van der Waals surface area contributed by atoms with Crippen LogP contribution in [0.5, 0.6) is 0 Å². The van der Waals surface area contributed by atoms with Crippen molar-refractivity contribution in [2.24, 2.45) is 5.73 Å². The number of primary amides is 1. The van der Waals surface area contributed by atoms with Crippen LogP contribution in [0.2, 0.25) is 0 Å². The maximum atomic E-state index is 11.7. The van der Waals surface area contributed by atoms with Gasteiger partial charge in [0.1, 0.15) is 0 Å². The monoisotopic (exact) mass is 366 g/mol. The summed E-state index contributed by atoms with van der Waals surface area (Å²) < 4.78 is 0. The molecule has 24 heavy (non-hydrogen) atoms. The van der Waals surface area contributed by atoms with Gasteiger partial charge < -0.3 is 21.0 Å². The quantitative estimate of drug-likeness (QED) is 0.269. The summed E-state index contributed by atoms with van der Waals surface area (Å²) in [6.45, 7) is 2.20. The van der Waals surface area contributed by atoms with Gasteiger partial charge in [-0.1, -0.05) is 58.3 Å². The number of carboxylic acid groups (broad SMARTS) is 1. The van der Waals surface area contributed by atoms with Gasteiger partial charge in [-0.25, -0.2) is 0 Å². The Hall–Kier alpha value is 0.0464. The molecule has 0 aliphatic rings.